The van der Waals surface area contributed by atoms with E-state index in [1.807, 2.05) is 11.8 Å². The van der Waals surface area contributed by atoms with Crippen molar-refractivity contribution >= 4 is 17.7 Å². The Labute approximate surface area is 103 Å². The summed E-state index contributed by atoms with van der Waals surface area (Å²) in [6.07, 6.45) is 5.09. The van der Waals surface area contributed by atoms with Gasteiger partial charge in [-0.15, -0.1) is 0 Å². The molecule has 0 rings (SSSR count). The van der Waals surface area contributed by atoms with E-state index in [9.17, 15) is 4.79 Å². The number of ether oxygens (including phenoxy) is 1. The van der Waals surface area contributed by atoms with Gasteiger partial charge in [-0.05, 0) is 18.1 Å². The topological polar surface area (TPSA) is 46.5 Å². The Hall–Kier alpha value is -0.220. The molecule has 0 spiro atoms. The Balaban J connectivity index is 3.37. The lowest BCUT2D eigenvalue weighted by molar-refractivity contribution is -0.146. The maximum atomic E-state index is 10.6. The van der Waals surface area contributed by atoms with Crippen molar-refractivity contribution in [3.8, 4) is 0 Å². The van der Waals surface area contributed by atoms with Crippen molar-refractivity contribution in [1.82, 2.24) is 0 Å². The summed E-state index contributed by atoms with van der Waals surface area (Å²) in [5.41, 5.74) is 0. The van der Waals surface area contributed by atoms with Crippen LogP contribution >= 0.6 is 11.8 Å². The Morgan fingerprint density at radius 2 is 2.19 bits per heavy atom. The second-order valence-electron chi connectivity index (χ2n) is 3.87. The van der Waals surface area contributed by atoms with Gasteiger partial charge in [0.1, 0.15) is 13.2 Å². The summed E-state index contributed by atoms with van der Waals surface area (Å²) in [6, 6.07) is 0. The van der Waals surface area contributed by atoms with Gasteiger partial charge in [-0.3, -0.25) is 0 Å². The first-order valence-corrected chi connectivity index (χ1v) is 7.24. The number of aliphatic hydroxyl groups excluding tert-OH is 1. The molecule has 0 aliphatic heterocycles. The third-order valence-corrected chi connectivity index (χ3v) is 3.68. The number of esters is 1. The van der Waals surface area contributed by atoms with Crippen LogP contribution in [0.5, 0.6) is 0 Å². The molecule has 3 nitrogen and oxygen atoms in total. The largest absolute Gasteiger partial charge is 0.463 e. The fourth-order valence-electron chi connectivity index (χ4n) is 1.41. The van der Waals surface area contributed by atoms with Crippen molar-refractivity contribution in [2.75, 3.05) is 24.7 Å². The summed E-state index contributed by atoms with van der Waals surface area (Å²) in [5, 5.41) is 8.43. The maximum Gasteiger partial charge on any atom is 0.331 e. The van der Waals surface area contributed by atoms with E-state index in [-0.39, 0.29) is 0 Å². The van der Waals surface area contributed by atoms with Crippen molar-refractivity contribution in [2.45, 2.75) is 39.5 Å². The normalized spacial score (nSPS) is 12.4. The van der Waals surface area contributed by atoms with Gasteiger partial charge in [0.15, 0.2) is 0 Å². The average molecular weight is 248 g/mol. The molecule has 0 fully saturated rings. The third kappa shape index (κ3) is 9.04. The smallest absolute Gasteiger partial charge is 0.331 e. The zero-order valence-corrected chi connectivity index (χ0v) is 11.2. The van der Waals surface area contributed by atoms with Crippen LogP contribution in [0.3, 0.4) is 0 Å². The molecule has 1 unspecified atom stereocenters. The molecule has 96 valence electrons. The van der Waals surface area contributed by atoms with Crippen LogP contribution in [0, 0.1) is 5.92 Å². The zero-order valence-electron chi connectivity index (χ0n) is 10.4. The highest BCUT2D eigenvalue weighted by Gasteiger charge is 2.06. The van der Waals surface area contributed by atoms with Crippen molar-refractivity contribution in [3.63, 3.8) is 0 Å². The Bertz CT molecular complexity index is 174. The molecule has 0 heterocycles. The Morgan fingerprint density at radius 1 is 1.44 bits per heavy atom. The van der Waals surface area contributed by atoms with Crippen molar-refractivity contribution < 1.29 is 14.6 Å². The van der Waals surface area contributed by atoms with E-state index >= 15 is 0 Å². The first-order valence-electron chi connectivity index (χ1n) is 6.08. The summed E-state index contributed by atoms with van der Waals surface area (Å²) in [5.74, 6) is 2.23. The molecule has 0 saturated heterocycles. The van der Waals surface area contributed by atoms with Gasteiger partial charge in [-0.2, -0.15) is 11.8 Å². The van der Waals surface area contributed by atoms with E-state index in [2.05, 4.69) is 13.8 Å². The lowest BCUT2D eigenvalue weighted by atomic mass is 10.0. The lowest BCUT2D eigenvalue weighted by Crippen LogP contribution is -2.12. The van der Waals surface area contributed by atoms with E-state index in [1.54, 1.807) is 0 Å². The molecule has 0 bridgehead atoms. The highest BCUT2D eigenvalue weighted by atomic mass is 32.2. The average Bonchev–Trinajstić information content (AvgIpc) is 2.32. The SMILES string of the molecule is CCCCC(CC)CSCCOC(=O)CO. The number of unbranched alkanes of at least 4 members (excludes halogenated alkanes) is 1. The lowest BCUT2D eigenvalue weighted by Gasteiger charge is -2.13. The van der Waals surface area contributed by atoms with Gasteiger partial charge in [0.05, 0.1) is 0 Å². The van der Waals surface area contributed by atoms with Crippen LogP contribution in [0.2, 0.25) is 0 Å². The fraction of sp³-hybridized carbons (Fsp3) is 0.917. The summed E-state index contributed by atoms with van der Waals surface area (Å²) < 4.78 is 4.78. The zero-order chi connectivity index (χ0) is 12.2. The van der Waals surface area contributed by atoms with Crippen LogP contribution in [0.15, 0.2) is 0 Å². The summed E-state index contributed by atoms with van der Waals surface area (Å²) in [4.78, 5) is 10.6. The molecule has 0 aromatic rings. The molecule has 0 aromatic carbocycles. The Kier molecular flexibility index (Phi) is 11.1. The van der Waals surface area contributed by atoms with Gasteiger partial charge in [-0.1, -0.05) is 33.1 Å². The quantitative estimate of drug-likeness (QED) is 0.476. The highest BCUT2D eigenvalue weighted by Crippen LogP contribution is 2.18. The summed E-state index contributed by atoms with van der Waals surface area (Å²) >= 11 is 1.83. The van der Waals surface area contributed by atoms with Crippen LogP contribution in [-0.2, 0) is 9.53 Å². The highest BCUT2D eigenvalue weighted by molar-refractivity contribution is 7.99. The molecule has 0 radical (unpaired) electrons. The van der Waals surface area contributed by atoms with Crippen molar-refractivity contribution in [3.05, 3.63) is 0 Å². The number of rotatable bonds is 10. The summed E-state index contributed by atoms with van der Waals surface area (Å²) in [7, 11) is 0. The molecular formula is C12H24O3S. The molecule has 1 N–H and O–H groups in total. The second kappa shape index (κ2) is 11.3. The van der Waals surface area contributed by atoms with E-state index in [1.165, 1.54) is 25.7 Å². The predicted molar refractivity (Wildman–Crippen MR) is 68.7 cm³/mol. The first-order chi connectivity index (χ1) is 7.74. The predicted octanol–water partition coefficient (Wildman–Crippen LogP) is 2.47. The van der Waals surface area contributed by atoms with Crippen molar-refractivity contribution in [1.29, 1.82) is 0 Å². The minimum atomic E-state index is -0.529. The third-order valence-electron chi connectivity index (χ3n) is 2.52. The molecule has 0 aromatic heterocycles. The minimum Gasteiger partial charge on any atom is -0.463 e. The molecular weight excluding hydrogens is 224 g/mol. The number of thioether (sulfide) groups is 1. The van der Waals surface area contributed by atoms with Gasteiger partial charge in [0.2, 0.25) is 0 Å². The van der Waals surface area contributed by atoms with E-state index in [0.717, 1.165) is 17.4 Å². The van der Waals surface area contributed by atoms with Gasteiger partial charge >= 0.3 is 5.97 Å². The Morgan fingerprint density at radius 3 is 2.75 bits per heavy atom. The molecule has 0 amide bonds. The molecule has 0 aliphatic rings. The maximum absolute atomic E-state index is 10.6. The standard InChI is InChI=1S/C12H24O3S/c1-3-5-6-11(4-2)10-16-8-7-15-12(14)9-13/h11,13H,3-10H2,1-2H3. The van der Waals surface area contributed by atoms with Gasteiger partial charge < -0.3 is 9.84 Å². The number of hydrogen-bond donors (Lipinski definition) is 1. The fourth-order valence-corrected chi connectivity index (χ4v) is 2.51. The number of hydrogen-bond acceptors (Lipinski definition) is 4. The first kappa shape index (κ1) is 15.8. The molecule has 0 aliphatic carbocycles. The summed E-state index contributed by atoms with van der Waals surface area (Å²) in [6.45, 7) is 4.34. The van der Waals surface area contributed by atoms with Crippen LogP contribution < -0.4 is 0 Å². The molecule has 0 saturated carbocycles. The number of carbonyl (C=O) groups excluding carboxylic acids is 1. The van der Waals surface area contributed by atoms with Crippen LogP contribution in [0.1, 0.15) is 39.5 Å². The van der Waals surface area contributed by atoms with Crippen molar-refractivity contribution in [2.24, 2.45) is 5.92 Å². The number of aliphatic hydroxyl groups is 1. The minimum absolute atomic E-state index is 0.411. The molecule has 16 heavy (non-hydrogen) atoms. The van der Waals surface area contributed by atoms with E-state index in [4.69, 9.17) is 9.84 Å². The van der Waals surface area contributed by atoms with E-state index in [0.29, 0.717) is 6.61 Å². The van der Waals surface area contributed by atoms with Gasteiger partial charge in [0.25, 0.3) is 0 Å². The van der Waals surface area contributed by atoms with Crippen LogP contribution in [-0.4, -0.2) is 35.8 Å². The molecule has 1 atom stereocenters. The van der Waals surface area contributed by atoms with Crippen LogP contribution in [0.4, 0.5) is 0 Å². The molecule has 4 heteroatoms. The monoisotopic (exact) mass is 248 g/mol. The van der Waals surface area contributed by atoms with Gasteiger partial charge in [-0.25, -0.2) is 4.79 Å². The van der Waals surface area contributed by atoms with Crippen LogP contribution in [0.25, 0.3) is 0 Å². The van der Waals surface area contributed by atoms with Gasteiger partial charge in [0, 0.05) is 5.75 Å². The van der Waals surface area contributed by atoms with E-state index < -0.39 is 12.6 Å². The second-order valence-corrected chi connectivity index (χ2v) is 5.02. The number of carbonyl (C=O) groups is 1.